The largest absolute Gasteiger partial charge is 0.507 e. The fourth-order valence-electron chi connectivity index (χ4n) is 2.68. The summed E-state index contributed by atoms with van der Waals surface area (Å²) < 4.78 is 0.777. The number of nitrogens with zero attached hydrogens (tertiary/aromatic N) is 1. The van der Waals surface area contributed by atoms with Crippen LogP contribution in [-0.2, 0) is 6.42 Å². The monoisotopic (exact) mass is 331 g/mol. The van der Waals surface area contributed by atoms with E-state index in [0.29, 0.717) is 5.56 Å². The van der Waals surface area contributed by atoms with Gasteiger partial charge in [-0.1, -0.05) is 34.1 Å². The minimum absolute atomic E-state index is 0.00906. The number of rotatable bonds is 1. The predicted octanol–water partition coefficient (Wildman–Crippen LogP) is 3.75. The molecule has 1 aliphatic heterocycles. The molecule has 0 spiro atoms. The highest BCUT2D eigenvalue weighted by atomic mass is 79.9. The third-order valence-corrected chi connectivity index (χ3v) is 4.11. The normalized spacial score (nSPS) is 17.1. The molecule has 0 saturated carbocycles. The van der Waals surface area contributed by atoms with Gasteiger partial charge in [-0.25, -0.2) is 0 Å². The lowest BCUT2D eigenvalue weighted by molar-refractivity contribution is 0.0979. The third kappa shape index (κ3) is 2.10. The molecule has 0 saturated heterocycles. The van der Waals surface area contributed by atoms with Crippen molar-refractivity contribution in [3.63, 3.8) is 0 Å². The zero-order valence-corrected chi connectivity index (χ0v) is 12.6. The van der Waals surface area contributed by atoms with Gasteiger partial charge in [-0.3, -0.25) is 4.79 Å². The highest BCUT2D eigenvalue weighted by molar-refractivity contribution is 9.10. The summed E-state index contributed by atoms with van der Waals surface area (Å²) in [6.45, 7) is 2.02. The number of amides is 1. The first-order chi connectivity index (χ1) is 9.58. The Hall–Kier alpha value is -1.81. The first kappa shape index (κ1) is 13.2. The van der Waals surface area contributed by atoms with E-state index in [0.717, 1.165) is 16.6 Å². The van der Waals surface area contributed by atoms with Gasteiger partial charge >= 0.3 is 0 Å². The number of halogens is 1. The number of phenols is 1. The third-order valence-electron chi connectivity index (χ3n) is 3.62. The summed E-state index contributed by atoms with van der Waals surface area (Å²) in [7, 11) is 0. The highest BCUT2D eigenvalue weighted by Gasteiger charge is 2.32. The topological polar surface area (TPSA) is 40.5 Å². The molecular formula is C16H14BrNO2. The lowest BCUT2D eigenvalue weighted by atomic mass is 10.1. The zero-order chi connectivity index (χ0) is 14.3. The van der Waals surface area contributed by atoms with Crippen molar-refractivity contribution in [3.05, 3.63) is 58.1 Å². The molecule has 102 valence electrons. The molecule has 4 heteroatoms. The molecule has 0 aromatic heterocycles. The summed E-state index contributed by atoms with van der Waals surface area (Å²) >= 11 is 3.34. The molecule has 0 fully saturated rings. The number of phenolic OH excluding ortho intramolecular Hbond substituents is 1. The Bertz CT molecular complexity index is 684. The van der Waals surface area contributed by atoms with Gasteiger partial charge in [0.15, 0.2) is 0 Å². The number of carbonyl (C=O) groups is 1. The standard InChI is InChI=1S/C16H14BrNO2/c1-10-8-11-4-2-3-5-14(11)18(10)16(20)13-9-12(17)6-7-15(13)19/h2-7,9-10,19H,8H2,1H3. The molecule has 3 nitrogen and oxygen atoms in total. The van der Waals surface area contributed by atoms with Crippen LogP contribution in [0.2, 0.25) is 0 Å². The molecule has 0 aliphatic carbocycles. The molecule has 1 heterocycles. The summed E-state index contributed by atoms with van der Waals surface area (Å²) in [6.07, 6.45) is 0.844. The molecule has 1 atom stereocenters. The average Bonchev–Trinajstić information content (AvgIpc) is 2.76. The summed E-state index contributed by atoms with van der Waals surface area (Å²) in [6, 6.07) is 12.9. The van der Waals surface area contributed by atoms with Gasteiger partial charge in [-0.2, -0.15) is 0 Å². The molecule has 1 N–H and O–H groups in total. The first-order valence-electron chi connectivity index (χ1n) is 6.48. The van der Waals surface area contributed by atoms with Crippen LogP contribution in [0.3, 0.4) is 0 Å². The molecule has 1 unspecified atom stereocenters. The average molecular weight is 332 g/mol. The van der Waals surface area contributed by atoms with Crippen molar-refractivity contribution in [2.75, 3.05) is 4.90 Å². The number of hydrogen-bond acceptors (Lipinski definition) is 2. The minimum atomic E-state index is -0.166. The SMILES string of the molecule is CC1Cc2ccccc2N1C(=O)c1cc(Br)ccc1O. The zero-order valence-electron chi connectivity index (χ0n) is 11.0. The number of para-hydroxylation sites is 1. The maximum atomic E-state index is 12.7. The Kier molecular flexibility index (Phi) is 3.26. The second kappa shape index (κ2) is 4.94. The number of benzene rings is 2. The second-order valence-corrected chi connectivity index (χ2v) is 5.93. The lowest BCUT2D eigenvalue weighted by Crippen LogP contribution is -2.35. The molecule has 2 aromatic rings. The maximum Gasteiger partial charge on any atom is 0.262 e. The quantitative estimate of drug-likeness (QED) is 0.864. The van der Waals surface area contributed by atoms with E-state index in [4.69, 9.17) is 0 Å². The van der Waals surface area contributed by atoms with Gasteiger partial charge in [-0.15, -0.1) is 0 Å². The number of carbonyl (C=O) groups excluding carboxylic acids is 1. The molecule has 1 aliphatic rings. The summed E-state index contributed by atoms with van der Waals surface area (Å²) in [5, 5.41) is 9.93. The van der Waals surface area contributed by atoms with E-state index in [2.05, 4.69) is 15.9 Å². The van der Waals surface area contributed by atoms with Gasteiger partial charge < -0.3 is 10.0 Å². The number of aromatic hydroxyl groups is 1. The van der Waals surface area contributed by atoms with Crippen LogP contribution in [0.1, 0.15) is 22.8 Å². The maximum absolute atomic E-state index is 12.7. The van der Waals surface area contributed by atoms with Crippen molar-refractivity contribution in [2.45, 2.75) is 19.4 Å². The van der Waals surface area contributed by atoms with Crippen molar-refractivity contribution < 1.29 is 9.90 Å². The van der Waals surface area contributed by atoms with Gasteiger partial charge in [0.2, 0.25) is 0 Å². The number of anilines is 1. The van der Waals surface area contributed by atoms with Gasteiger partial charge in [0.05, 0.1) is 5.56 Å². The van der Waals surface area contributed by atoms with Crippen LogP contribution < -0.4 is 4.90 Å². The Morgan fingerprint density at radius 2 is 2.05 bits per heavy atom. The lowest BCUT2D eigenvalue weighted by Gasteiger charge is -2.23. The Balaban J connectivity index is 2.05. The van der Waals surface area contributed by atoms with E-state index >= 15 is 0 Å². The van der Waals surface area contributed by atoms with Crippen molar-refractivity contribution in [2.24, 2.45) is 0 Å². The summed E-state index contributed by atoms with van der Waals surface area (Å²) in [4.78, 5) is 14.5. The molecule has 1 amide bonds. The van der Waals surface area contributed by atoms with E-state index in [1.54, 1.807) is 17.0 Å². The van der Waals surface area contributed by atoms with E-state index in [9.17, 15) is 9.90 Å². The molecular weight excluding hydrogens is 318 g/mol. The van der Waals surface area contributed by atoms with Crippen LogP contribution in [-0.4, -0.2) is 17.1 Å². The molecule has 2 aromatic carbocycles. The Labute approximate surface area is 126 Å². The van der Waals surface area contributed by atoms with Crippen LogP contribution in [0.5, 0.6) is 5.75 Å². The van der Waals surface area contributed by atoms with Crippen LogP contribution in [0.25, 0.3) is 0 Å². The fourth-order valence-corrected chi connectivity index (χ4v) is 3.05. The van der Waals surface area contributed by atoms with Gasteiger partial charge in [-0.05, 0) is 43.2 Å². The van der Waals surface area contributed by atoms with E-state index in [1.165, 1.54) is 11.6 Å². The van der Waals surface area contributed by atoms with Crippen LogP contribution in [0.15, 0.2) is 46.9 Å². The van der Waals surface area contributed by atoms with Gasteiger partial charge in [0.25, 0.3) is 5.91 Å². The summed E-state index contributed by atoms with van der Waals surface area (Å²) in [5.74, 6) is -0.156. The van der Waals surface area contributed by atoms with E-state index in [1.807, 2.05) is 31.2 Å². The Morgan fingerprint density at radius 3 is 2.85 bits per heavy atom. The van der Waals surface area contributed by atoms with Gasteiger partial charge in [0.1, 0.15) is 5.75 Å². The number of hydrogen-bond donors (Lipinski definition) is 1. The van der Waals surface area contributed by atoms with Crippen LogP contribution >= 0.6 is 15.9 Å². The van der Waals surface area contributed by atoms with Crippen molar-refractivity contribution >= 4 is 27.5 Å². The fraction of sp³-hybridized carbons (Fsp3) is 0.188. The van der Waals surface area contributed by atoms with Crippen LogP contribution in [0, 0.1) is 0 Å². The van der Waals surface area contributed by atoms with Crippen molar-refractivity contribution in [1.29, 1.82) is 0 Å². The first-order valence-corrected chi connectivity index (χ1v) is 7.27. The predicted molar refractivity (Wildman–Crippen MR) is 82.2 cm³/mol. The van der Waals surface area contributed by atoms with E-state index in [-0.39, 0.29) is 17.7 Å². The molecule has 3 rings (SSSR count). The molecule has 20 heavy (non-hydrogen) atoms. The highest BCUT2D eigenvalue weighted by Crippen LogP contribution is 2.34. The van der Waals surface area contributed by atoms with Crippen molar-refractivity contribution in [1.82, 2.24) is 0 Å². The van der Waals surface area contributed by atoms with Crippen molar-refractivity contribution in [3.8, 4) is 5.75 Å². The van der Waals surface area contributed by atoms with Crippen LogP contribution in [0.4, 0.5) is 5.69 Å². The number of fused-ring (bicyclic) bond motifs is 1. The summed E-state index contributed by atoms with van der Waals surface area (Å²) in [5.41, 5.74) is 2.43. The molecule has 0 radical (unpaired) electrons. The van der Waals surface area contributed by atoms with Gasteiger partial charge in [0, 0.05) is 16.2 Å². The van der Waals surface area contributed by atoms with E-state index < -0.39 is 0 Å². The second-order valence-electron chi connectivity index (χ2n) is 5.02. The minimum Gasteiger partial charge on any atom is -0.507 e. The molecule has 0 bridgehead atoms. The smallest absolute Gasteiger partial charge is 0.262 e. The Morgan fingerprint density at radius 1 is 1.30 bits per heavy atom.